The smallest absolute Gasteiger partial charge is 0.241 e. The molecule has 1 aromatic heterocycles. The number of nitrogens with one attached hydrogen (secondary N) is 1. The van der Waals surface area contributed by atoms with E-state index in [0.29, 0.717) is 0 Å². The molecule has 98 valence electrons. The molecule has 0 aliphatic rings. The Bertz CT molecular complexity index is 466. The minimum atomic E-state index is 0. The zero-order valence-corrected chi connectivity index (χ0v) is 12.9. The van der Waals surface area contributed by atoms with Gasteiger partial charge >= 0.3 is 0 Å². The van der Waals surface area contributed by atoms with E-state index in [1.165, 1.54) is 28.7 Å². The van der Waals surface area contributed by atoms with E-state index in [-0.39, 0.29) is 17.0 Å². The van der Waals surface area contributed by atoms with Crippen molar-refractivity contribution in [2.24, 2.45) is 0 Å². The van der Waals surface area contributed by atoms with Crippen LogP contribution in [0.3, 0.4) is 0 Å². The van der Waals surface area contributed by atoms with Gasteiger partial charge in [-0.3, -0.25) is 4.98 Å². The van der Waals surface area contributed by atoms with Gasteiger partial charge in [0, 0.05) is 0 Å². The van der Waals surface area contributed by atoms with Gasteiger partial charge in [0.05, 0.1) is 6.54 Å². The average Bonchev–Trinajstić information content (AvgIpc) is 2.74. The van der Waals surface area contributed by atoms with E-state index in [9.17, 15) is 0 Å². The standard InChI is InChI=1S/C15H20N2.BrH/c1-12-9-13(2)15(14(3)10-12)5-4-7-17-8-6-16-11-17;/h6,8-11H,4-5,7H2,1-3H3;1H. The topological polar surface area (TPSA) is 19.7 Å². The monoisotopic (exact) mass is 308 g/mol. The van der Waals surface area contributed by atoms with Gasteiger partial charge in [-0.2, -0.15) is 0 Å². The number of imidazole rings is 1. The summed E-state index contributed by atoms with van der Waals surface area (Å²) >= 11 is 0. The molecule has 0 amide bonds. The Morgan fingerprint density at radius 2 is 1.78 bits per heavy atom. The van der Waals surface area contributed by atoms with Crippen LogP contribution in [0.5, 0.6) is 0 Å². The molecule has 2 aromatic rings. The minimum Gasteiger partial charge on any atom is -1.00 e. The lowest BCUT2D eigenvalue weighted by Gasteiger charge is -2.10. The van der Waals surface area contributed by atoms with E-state index in [0.717, 1.165) is 13.0 Å². The third kappa shape index (κ3) is 3.70. The summed E-state index contributed by atoms with van der Waals surface area (Å²) in [5.74, 6) is 0. The summed E-state index contributed by atoms with van der Waals surface area (Å²) in [6.45, 7) is 7.69. The SMILES string of the molecule is Cc1cc(C)c(CCC[n+]2cc[nH]c2)c(C)c1.[Br-]. The highest BCUT2D eigenvalue weighted by Crippen LogP contribution is 2.17. The fourth-order valence-corrected chi connectivity index (χ4v) is 2.50. The molecule has 0 aliphatic carbocycles. The maximum atomic E-state index is 3.07. The van der Waals surface area contributed by atoms with Crippen LogP contribution in [-0.2, 0) is 13.0 Å². The first-order valence-electron chi connectivity index (χ1n) is 6.25. The van der Waals surface area contributed by atoms with E-state index in [2.05, 4.69) is 48.7 Å². The average molecular weight is 309 g/mol. The number of halogens is 1. The van der Waals surface area contributed by atoms with Crippen LogP contribution >= 0.6 is 0 Å². The summed E-state index contributed by atoms with van der Waals surface area (Å²) in [4.78, 5) is 3.07. The molecule has 18 heavy (non-hydrogen) atoms. The number of rotatable bonds is 4. The van der Waals surface area contributed by atoms with Crippen molar-refractivity contribution in [3.05, 3.63) is 53.1 Å². The first-order valence-corrected chi connectivity index (χ1v) is 6.25. The molecule has 0 bridgehead atoms. The largest absolute Gasteiger partial charge is 1.00 e. The van der Waals surface area contributed by atoms with Gasteiger partial charge in [0.1, 0.15) is 12.4 Å². The lowest BCUT2D eigenvalue weighted by atomic mass is 9.96. The Labute approximate surface area is 120 Å². The maximum Gasteiger partial charge on any atom is 0.241 e. The van der Waals surface area contributed by atoms with Gasteiger partial charge in [0.15, 0.2) is 0 Å². The first kappa shape index (κ1) is 15.0. The molecule has 1 aromatic carbocycles. The van der Waals surface area contributed by atoms with Gasteiger partial charge in [0.2, 0.25) is 6.33 Å². The Hall–Kier alpha value is -1.09. The molecular weight excluding hydrogens is 288 g/mol. The molecule has 2 nitrogen and oxygen atoms in total. The molecule has 1 heterocycles. The molecule has 0 fully saturated rings. The molecule has 0 radical (unpaired) electrons. The van der Waals surface area contributed by atoms with Gasteiger partial charge in [-0.15, -0.1) is 0 Å². The summed E-state index contributed by atoms with van der Waals surface area (Å²) in [7, 11) is 0. The molecule has 0 aliphatic heterocycles. The quantitative estimate of drug-likeness (QED) is 0.759. The van der Waals surface area contributed by atoms with Gasteiger partial charge < -0.3 is 17.0 Å². The molecule has 0 unspecified atom stereocenters. The van der Waals surface area contributed by atoms with E-state index >= 15 is 0 Å². The van der Waals surface area contributed by atoms with Crippen molar-refractivity contribution in [2.75, 3.05) is 0 Å². The van der Waals surface area contributed by atoms with Crippen LogP contribution in [-0.4, -0.2) is 4.98 Å². The third-order valence-electron chi connectivity index (χ3n) is 3.29. The molecule has 1 N–H and O–H groups in total. The van der Waals surface area contributed by atoms with Crippen LogP contribution in [0.15, 0.2) is 30.9 Å². The van der Waals surface area contributed by atoms with Crippen LogP contribution in [0, 0.1) is 20.8 Å². The molecule has 0 saturated carbocycles. The van der Waals surface area contributed by atoms with Gasteiger partial charge in [-0.25, -0.2) is 4.57 Å². The maximum absolute atomic E-state index is 3.07. The predicted molar refractivity (Wildman–Crippen MR) is 70.0 cm³/mol. The van der Waals surface area contributed by atoms with Crippen molar-refractivity contribution < 1.29 is 21.5 Å². The van der Waals surface area contributed by atoms with Crippen molar-refractivity contribution in [1.29, 1.82) is 0 Å². The number of benzene rings is 1. The molecular formula is C15H21BrN2. The molecule has 0 saturated heterocycles. The number of aryl methyl sites for hydroxylation is 4. The van der Waals surface area contributed by atoms with E-state index < -0.39 is 0 Å². The molecule has 3 heteroatoms. The van der Waals surface area contributed by atoms with Crippen molar-refractivity contribution >= 4 is 0 Å². The number of hydrogen-bond acceptors (Lipinski definition) is 0. The Morgan fingerprint density at radius 3 is 2.33 bits per heavy atom. The number of aromatic amines is 1. The van der Waals surface area contributed by atoms with Crippen molar-refractivity contribution in [3.8, 4) is 0 Å². The van der Waals surface area contributed by atoms with Gasteiger partial charge in [0.25, 0.3) is 0 Å². The summed E-state index contributed by atoms with van der Waals surface area (Å²) in [5.41, 5.74) is 5.75. The number of hydrogen-bond donors (Lipinski definition) is 1. The highest BCUT2D eigenvalue weighted by atomic mass is 79.9. The summed E-state index contributed by atoms with van der Waals surface area (Å²) in [6, 6.07) is 4.57. The Balaban J connectivity index is 0.00000162. The fourth-order valence-electron chi connectivity index (χ4n) is 2.50. The van der Waals surface area contributed by atoms with Crippen molar-refractivity contribution in [2.45, 2.75) is 40.2 Å². The number of nitrogens with zero attached hydrogens (tertiary/aromatic N) is 1. The second kappa shape index (κ2) is 6.74. The normalized spacial score (nSPS) is 10.2. The second-order valence-electron chi connectivity index (χ2n) is 4.83. The van der Waals surface area contributed by atoms with E-state index in [1.54, 1.807) is 0 Å². The van der Waals surface area contributed by atoms with E-state index in [4.69, 9.17) is 0 Å². The van der Waals surface area contributed by atoms with Crippen LogP contribution < -0.4 is 21.5 Å². The minimum absolute atomic E-state index is 0. The molecule has 0 spiro atoms. The zero-order valence-electron chi connectivity index (χ0n) is 11.3. The van der Waals surface area contributed by atoms with Gasteiger partial charge in [-0.05, 0) is 50.3 Å². The zero-order chi connectivity index (χ0) is 12.3. The van der Waals surface area contributed by atoms with Crippen LogP contribution in [0.2, 0.25) is 0 Å². The Kier molecular flexibility index (Phi) is 5.60. The highest BCUT2D eigenvalue weighted by molar-refractivity contribution is 5.37. The number of H-pyrrole nitrogens is 1. The van der Waals surface area contributed by atoms with Gasteiger partial charge in [-0.1, -0.05) is 17.7 Å². The lowest BCUT2D eigenvalue weighted by Crippen LogP contribution is -3.00. The predicted octanol–water partition coefficient (Wildman–Crippen LogP) is -0.136. The van der Waals surface area contributed by atoms with Crippen LogP contribution in [0.25, 0.3) is 0 Å². The van der Waals surface area contributed by atoms with E-state index in [1.807, 2.05) is 12.5 Å². The number of aromatic nitrogens is 2. The summed E-state index contributed by atoms with van der Waals surface area (Å²) in [5, 5.41) is 0. The highest BCUT2D eigenvalue weighted by Gasteiger charge is 2.04. The third-order valence-corrected chi connectivity index (χ3v) is 3.29. The van der Waals surface area contributed by atoms with Crippen molar-refractivity contribution in [3.63, 3.8) is 0 Å². The summed E-state index contributed by atoms with van der Waals surface area (Å²) < 4.78 is 2.19. The fraction of sp³-hybridized carbons (Fsp3) is 0.400. The van der Waals surface area contributed by atoms with Crippen LogP contribution in [0.1, 0.15) is 28.7 Å². The summed E-state index contributed by atoms with van der Waals surface area (Å²) in [6.07, 6.45) is 8.40. The van der Waals surface area contributed by atoms with Crippen LogP contribution in [0.4, 0.5) is 0 Å². The first-order chi connectivity index (χ1) is 8.16. The Morgan fingerprint density at radius 1 is 1.11 bits per heavy atom. The molecule has 2 rings (SSSR count). The lowest BCUT2D eigenvalue weighted by molar-refractivity contribution is -0.696. The van der Waals surface area contributed by atoms with Crippen molar-refractivity contribution in [1.82, 2.24) is 4.98 Å². The molecule has 0 atom stereocenters. The second-order valence-corrected chi connectivity index (χ2v) is 4.83.